The van der Waals surface area contributed by atoms with Crippen molar-refractivity contribution in [1.82, 2.24) is 4.98 Å². The van der Waals surface area contributed by atoms with Crippen molar-refractivity contribution in [3.63, 3.8) is 0 Å². The molecule has 0 saturated heterocycles. The van der Waals surface area contributed by atoms with Crippen LogP contribution in [0.15, 0.2) is 18.3 Å². The van der Waals surface area contributed by atoms with Crippen molar-refractivity contribution in [1.29, 1.82) is 0 Å². The highest BCUT2D eigenvalue weighted by Crippen LogP contribution is 2.05. The van der Waals surface area contributed by atoms with Gasteiger partial charge in [0.1, 0.15) is 5.82 Å². The first-order valence-electron chi connectivity index (χ1n) is 5.12. The summed E-state index contributed by atoms with van der Waals surface area (Å²) in [5.74, 6) is 0.380. The number of aryl methyl sites for hydroxylation is 1. The molecular weight excluding hydrogens is 190 g/mol. The van der Waals surface area contributed by atoms with E-state index < -0.39 is 6.04 Å². The first kappa shape index (κ1) is 11.7. The Morgan fingerprint density at radius 2 is 2.33 bits per heavy atom. The van der Waals surface area contributed by atoms with E-state index in [1.807, 2.05) is 19.9 Å². The van der Waals surface area contributed by atoms with Crippen LogP contribution in [-0.4, -0.2) is 16.9 Å². The number of hydrogen-bond acceptors (Lipinski definition) is 3. The lowest BCUT2D eigenvalue weighted by atomic mass is 10.2. The van der Waals surface area contributed by atoms with Crippen LogP contribution < -0.4 is 11.1 Å². The number of carbonyl (C=O) groups is 1. The van der Waals surface area contributed by atoms with Gasteiger partial charge >= 0.3 is 0 Å². The molecular formula is C11H17N3O. The maximum atomic E-state index is 11.5. The monoisotopic (exact) mass is 207 g/mol. The number of nitrogens with two attached hydrogens (primary N) is 1. The summed E-state index contributed by atoms with van der Waals surface area (Å²) >= 11 is 0. The molecule has 0 aliphatic carbocycles. The predicted molar refractivity (Wildman–Crippen MR) is 60.5 cm³/mol. The van der Waals surface area contributed by atoms with Crippen molar-refractivity contribution in [3.8, 4) is 0 Å². The summed E-state index contributed by atoms with van der Waals surface area (Å²) < 4.78 is 0. The summed E-state index contributed by atoms with van der Waals surface area (Å²) in [6, 6.07) is 3.22. The summed E-state index contributed by atoms with van der Waals surface area (Å²) in [6.45, 7) is 3.94. The number of amides is 1. The Bertz CT molecular complexity index is 321. The number of nitrogens with zero attached hydrogens (tertiary/aromatic N) is 1. The van der Waals surface area contributed by atoms with Crippen LogP contribution in [0.5, 0.6) is 0 Å². The number of carbonyl (C=O) groups excluding carboxylic acids is 1. The van der Waals surface area contributed by atoms with Crippen molar-refractivity contribution in [2.24, 2.45) is 5.73 Å². The van der Waals surface area contributed by atoms with Gasteiger partial charge in [0.25, 0.3) is 0 Å². The largest absolute Gasteiger partial charge is 0.320 e. The fraction of sp³-hybridized carbons (Fsp3) is 0.455. The van der Waals surface area contributed by atoms with Gasteiger partial charge in [-0.3, -0.25) is 4.79 Å². The molecule has 1 aromatic rings. The van der Waals surface area contributed by atoms with E-state index in [-0.39, 0.29) is 5.91 Å². The molecule has 4 nitrogen and oxygen atoms in total. The van der Waals surface area contributed by atoms with Crippen LogP contribution in [0, 0.1) is 6.92 Å². The summed E-state index contributed by atoms with van der Waals surface area (Å²) in [7, 11) is 0. The van der Waals surface area contributed by atoms with Gasteiger partial charge in [0, 0.05) is 6.20 Å². The molecule has 0 saturated carbocycles. The van der Waals surface area contributed by atoms with Gasteiger partial charge in [-0.1, -0.05) is 19.4 Å². The van der Waals surface area contributed by atoms with Gasteiger partial charge < -0.3 is 11.1 Å². The Morgan fingerprint density at radius 3 is 2.87 bits per heavy atom. The molecule has 1 heterocycles. The maximum absolute atomic E-state index is 11.5. The van der Waals surface area contributed by atoms with Gasteiger partial charge in [0.2, 0.25) is 5.91 Å². The summed E-state index contributed by atoms with van der Waals surface area (Å²) in [5.41, 5.74) is 6.73. The van der Waals surface area contributed by atoms with Crippen LogP contribution in [0.1, 0.15) is 25.3 Å². The number of pyridine rings is 1. The summed E-state index contributed by atoms with van der Waals surface area (Å²) in [4.78, 5) is 15.6. The lowest BCUT2D eigenvalue weighted by Gasteiger charge is -2.10. The molecule has 0 aliphatic rings. The molecule has 1 aromatic heterocycles. The Kier molecular flexibility index (Phi) is 4.24. The molecule has 0 aromatic carbocycles. The molecule has 0 spiro atoms. The molecule has 0 bridgehead atoms. The summed E-state index contributed by atoms with van der Waals surface area (Å²) in [6.07, 6.45) is 3.30. The first-order chi connectivity index (χ1) is 7.13. The molecule has 1 atom stereocenters. The minimum atomic E-state index is -0.446. The molecule has 3 N–H and O–H groups in total. The highest BCUT2D eigenvalue weighted by Gasteiger charge is 2.12. The zero-order chi connectivity index (χ0) is 11.3. The van der Waals surface area contributed by atoms with Gasteiger partial charge in [-0.15, -0.1) is 0 Å². The minimum Gasteiger partial charge on any atom is -0.320 e. The Morgan fingerprint density at radius 1 is 1.60 bits per heavy atom. The first-order valence-corrected chi connectivity index (χ1v) is 5.12. The third-order valence-corrected chi connectivity index (χ3v) is 2.10. The fourth-order valence-electron chi connectivity index (χ4n) is 1.20. The van der Waals surface area contributed by atoms with Crippen LogP contribution in [0.25, 0.3) is 0 Å². The second-order valence-electron chi connectivity index (χ2n) is 3.61. The second kappa shape index (κ2) is 5.46. The van der Waals surface area contributed by atoms with Gasteiger partial charge in [-0.2, -0.15) is 0 Å². The third-order valence-electron chi connectivity index (χ3n) is 2.10. The molecule has 0 fully saturated rings. The van der Waals surface area contributed by atoms with E-state index in [1.165, 1.54) is 0 Å². The third kappa shape index (κ3) is 3.67. The topological polar surface area (TPSA) is 68.0 Å². The normalized spacial score (nSPS) is 12.2. The van der Waals surface area contributed by atoms with E-state index in [1.54, 1.807) is 12.3 Å². The molecule has 82 valence electrons. The second-order valence-corrected chi connectivity index (χ2v) is 3.61. The average molecular weight is 207 g/mol. The van der Waals surface area contributed by atoms with E-state index in [2.05, 4.69) is 10.3 Å². The predicted octanol–water partition coefficient (Wildman–Crippen LogP) is 1.46. The maximum Gasteiger partial charge on any atom is 0.242 e. The molecule has 0 radical (unpaired) electrons. The fourth-order valence-corrected chi connectivity index (χ4v) is 1.20. The number of aromatic nitrogens is 1. The van der Waals surface area contributed by atoms with Crippen molar-refractivity contribution in [2.45, 2.75) is 32.7 Å². The van der Waals surface area contributed by atoms with Gasteiger partial charge in [-0.25, -0.2) is 4.98 Å². The molecule has 0 unspecified atom stereocenters. The van der Waals surface area contributed by atoms with Gasteiger partial charge in [-0.05, 0) is 25.0 Å². The standard InChI is InChI=1S/C11H17N3O/c1-3-4-9(12)11(15)14-10-6-5-8(2)7-13-10/h5-7,9H,3-4,12H2,1-2H3,(H,13,14,15)/t9-/m0/s1. The SMILES string of the molecule is CCC[C@H](N)C(=O)Nc1ccc(C)cn1. The van der Waals surface area contributed by atoms with E-state index >= 15 is 0 Å². The van der Waals surface area contributed by atoms with Crippen molar-refractivity contribution in [3.05, 3.63) is 23.9 Å². The molecule has 0 aliphatic heterocycles. The van der Waals surface area contributed by atoms with E-state index in [9.17, 15) is 4.79 Å². The highest BCUT2D eigenvalue weighted by molar-refractivity contribution is 5.93. The number of hydrogen-bond donors (Lipinski definition) is 2. The zero-order valence-corrected chi connectivity index (χ0v) is 9.16. The van der Waals surface area contributed by atoms with Crippen molar-refractivity contribution in [2.75, 3.05) is 5.32 Å². The quantitative estimate of drug-likeness (QED) is 0.785. The van der Waals surface area contributed by atoms with Crippen LogP contribution in [0.3, 0.4) is 0 Å². The molecule has 4 heteroatoms. The summed E-state index contributed by atoms with van der Waals surface area (Å²) in [5, 5.41) is 2.68. The average Bonchev–Trinajstić information content (AvgIpc) is 2.22. The smallest absolute Gasteiger partial charge is 0.242 e. The Balaban J connectivity index is 2.54. The van der Waals surface area contributed by atoms with Crippen LogP contribution >= 0.6 is 0 Å². The number of rotatable bonds is 4. The van der Waals surface area contributed by atoms with Crippen molar-refractivity contribution >= 4 is 11.7 Å². The zero-order valence-electron chi connectivity index (χ0n) is 9.16. The lowest BCUT2D eigenvalue weighted by molar-refractivity contribution is -0.117. The lowest BCUT2D eigenvalue weighted by Crippen LogP contribution is -2.35. The highest BCUT2D eigenvalue weighted by atomic mass is 16.2. The van der Waals surface area contributed by atoms with Gasteiger partial charge in [0.05, 0.1) is 6.04 Å². The van der Waals surface area contributed by atoms with Crippen molar-refractivity contribution < 1.29 is 4.79 Å². The number of nitrogens with one attached hydrogen (secondary N) is 1. The van der Waals surface area contributed by atoms with Crippen LogP contribution in [-0.2, 0) is 4.79 Å². The van der Waals surface area contributed by atoms with E-state index in [0.29, 0.717) is 12.2 Å². The van der Waals surface area contributed by atoms with E-state index in [4.69, 9.17) is 5.73 Å². The van der Waals surface area contributed by atoms with Crippen LogP contribution in [0.2, 0.25) is 0 Å². The Labute approximate surface area is 89.9 Å². The van der Waals surface area contributed by atoms with Crippen LogP contribution in [0.4, 0.5) is 5.82 Å². The van der Waals surface area contributed by atoms with E-state index in [0.717, 1.165) is 12.0 Å². The molecule has 15 heavy (non-hydrogen) atoms. The van der Waals surface area contributed by atoms with Gasteiger partial charge in [0.15, 0.2) is 0 Å². The molecule has 1 rings (SSSR count). The number of anilines is 1. The minimum absolute atomic E-state index is 0.173. The molecule has 1 amide bonds. The Hall–Kier alpha value is -1.42.